The topological polar surface area (TPSA) is 49.4 Å². The molecule has 0 aliphatic rings. The Morgan fingerprint density at radius 2 is 1.90 bits per heavy atom. The first-order valence-electron chi connectivity index (χ1n) is 6.29. The van der Waals surface area contributed by atoms with Gasteiger partial charge in [-0.2, -0.15) is 0 Å². The van der Waals surface area contributed by atoms with Crippen LogP contribution in [0.1, 0.15) is 19.4 Å². The maximum atomic E-state index is 13.8. The van der Waals surface area contributed by atoms with Crippen LogP contribution in [0.3, 0.4) is 0 Å². The summed E-state index contributed by atoms with van der Waals surface area (Å²) in [6, 6.07) is 2.16. The lowest BCUT2D eigenvalue weighted by molar-refractivity contribution is 0.410. The van der Waals surface area contributed by atoms with Gasteiger partial charge in [-0.3, -0.25) is 0 Å². The average Bonchev–Trinajstić information content (AvgIpc) is 2.32. The van der Waals surface area contributed by atoms with Crippen molar-refractivity contribution in [3.8, 4) is 0 Å². The molecule has 0 spiro atoms. The maximum Gasteiger partial charge on any atom is 0.245 e. The molecule has 1 aromatic carbocycles. The first kappa shape index (κ1) is 17.0. The minimum atomic E-state index is -4.04. The molecule has 0 radical (unpaired) electrons. The van der Waals surface area contributed by atoms with E-state index in [0.717, 1.165) is 10.4 Å². The van der Waals surface area contributed by atoms with Crippen molar-refractivity contribution in [2.45, 2.75) is 25.3 Å². The van der Waals surface area contributed by atoms with Crippen LogP contribution in [0.2, 0.25) is 0 Å². The van der Waals surface area contributed by atoms with E-state index in [9.17, 15) is 17.2 Å². The third-order valence-corrected chi connectivity index (χ3v) is 4.57. The summed E-state index contributed by atoms with van der Waals surface area (Å²) < 4.78 is 53.0. The molecule has 7 heteroatoms. The van der Waals surface area contributed by atoms with Crippen LogP contribution in [0.5, 0.6) is 0 Å². The highest BCUT2D eigenvalue weighted by Gasteiger charge is 2.27. The largest absolute Gasteiger partial charge is 0.316 e. The second-order valence-corrected chi connectivity index (χ2v) is 7.11. The van der Waals surface area contributed by atoms with Crippen LogP contribution >= 0.6 is 0 Å². The van der Waals surface area contributed by atoms with E-state index in [-0.39, 0.29) is 19.0 Å². The molecule has 0 heterocycles. The number of sulfonamides is 1. The molecular weight excluding hydrogens is 286 g/mol. The monoisotopic (exact) mass is 306 g/mol. The van der Waals surface area contributed by atoms with E-state index in [2.05, 4.69) is 5.32 Å². The van der Waals surface area contributed by atoms with Crippen LogP contribution in [0.15, 0.2) is 17.0 Å². The summed E-state index contributed by atoms with van der Waals surface area (Å²) in [5.74, 6) is -2.40. The number of hydrogen-bond acceptors (Lipinski definition) is 3. The molecule has 1 N–H and O–H groups in total. The van der Waals surface area contributed by atoms with Gasteiger partial charge < -0.3 is 5.32 Å². The number of hydrogen-bond donors (Lipinski definition) is 1. The smallest absolute Gasteiger partial charge is 0.245 e. The van der Waals surface area contributed by atoms with Crippen LogP contribution in [0, 0.1) is 17.6 Å². The van der Waals surface area contributed by atoms with Gasteiger partial charge >= 0.3 is 0 Å². The molecule has 0 fully saturated rings. The first-order valence-corrected chi connectivity index (χ1v) is 7.73. The van der Waals surface area contributed by atoms with Gasteiger partial charge in [0.1, 0.15) is 4.90 Å². The Morgan fingerprint density at radius 1 is 1.30 bits per heavy atom. The standard InChI is InChI=1S/C13H20F2N2O2S/c1-9(2)8-17(4)20(18,19)12-6-10(7-16-3)5-11(14)13(12)15/h5-6,9,16H,7-8H2,1-4H3. The van der Waals surface area contributed by atoms with Crippen molar-refractivity contribution in [2.75, 3.05) is 20.6 Å². The van der Waals surface area contributed by atoms with Crippen LogP contribution in [-0.4, -0.2) is 33.4 Å². The molecule has 1 aromatic rings. The molecule has 0 bridgehead atoms. The van der Waals surface area contributed by atoms with Gasteiger partial charge in [0.25, 0.3) is 0 Å². The highest BCUT2D eigenvalue weighted by atomic mass is 32.2. The van der Waals surface area contributed by atoms with Crippen molar-refractivity contribution in [1.82, 2.24) is 9.62 Å². The Labute approximate surface area is 118 Å². The number of benzene rings is 1. The Morgan fingerprint density at radius 3 is 2.40 bits per heavy atom. The molecule has 0 aliphatic carbocycles. The highest BCUT2D eigenvalue weighted by molar-refractivity contribution is 7.89. The molecule has 0 amide bonds. The van der Waals surface area contributed by atoms with Crippen LogP contribution in [0.4, 0.5) is 8.78 Å². The minimum absolute atomic E-state index is 0.0863. The average molecular weight is 306 g/mol. The molecule has 1 rings (SSSR count). The molecule has 0 atom stereocenters. The fourth-order valence-corrected chi connectivity index (χ4v) is 3.35. The van der Waals surface area contributed by atoms with Crippen molar-refractivity contribution in [3.05, 3.63) is 29.3 Å². The third kappa shape index (κ3) is 3.74. The normalized spacial score (nSPS) is 12.4. The van der Waals surface area contributed by atoms with Gasteiger partial charge in [0, 0.05) is 20.1 Å². The summed E-state index contributed by atoms with van der Waals surface area (Å²) >= 11 is 0. The molecule has 0 saturated carbocycles. The number of nitrogens with one attached hydrogen (secondary N) is 1. The second kappa shape index (κ2) is 6.60. The van der Waals surface area contributed by atoms with E-state index in [1.807, 2.05) is 13.8 Å². The summed E-state index contributed by atoms with van der Waals surface area (Å²) in [6.07, 6.45) is 0. The van der Waals surface area contributed by atoms with E-state index in [0.29, 0.717) is 5.56 Å². The minimum Gasteiger partial charge on any atom is -0.316 e. The predicted molar refractivity (Wildman–Crippen MR) is 73.8 cm³/mol. The van der Waals surface area contributed by atoms with Crippen molar-refractivity contribution in [2.24, 2.45) is 5.92 Å². The quantitative estimate of drug-likeness (QED) is 0.874. The fourth-order valence-electron chi connectivity index (χ4n) is 1.89. The maximum absolute atomic E-state index is 13.8. The third-order valence-electron chi connectivity index (χ3n) is 2.75. The molecular formula is C13H20F2N2O2S. The van der Waals surface area contributed by atoms with Gasteiger partial charge in [-0.1, -0.05) is 13.8 Å². The lowest BCUT2D eigenvalue weighted by atomic mass is 10.2. The van der Waals surface area contributed by atoms with Gasteiger partial charge in [0.15, 0.2) is 11.6 Å². The zero-order chi connectivity index (χ0) is 15.5. The molecule has 114 valence electrons. The van der Waals surface area contributed by atoms with Gasteiger partial charge in [-0.15, -0.1) is 0 Å². The zero-order valence-electron chi connectivity index (χ0n) is 12.1. The Hall–Kier alpha value is -1.05. The highest BCUT2D eigenvalue weighted by Crippen LogP contribution is 2.23. The summed E-state index contributed by atoms with van der Waals surface area (Å²) in [7, 11) is -1.04. The van der Waals surface area contributed by atoms with E-state index in [1.165, 1.54) is 13.1 Å². The molecule has 0 unspecified atom stereocenters. The van der Waals surface area contributed by atoms with Crippen molar-refractivity contribution >= 4 is 10.0 Å². The van der Waals surface area contributed by atoms with Crippen LogP contribution < -0.4 is 5.32 Å². The van der Waals surface area contributed by atoms with Crippen molar-refractivity contribution < 1.29 is 17.2 Å². The zero-order valence-corrected chi connectivity index (χ0v) is 12.9. The Balaban J connectivity index is 3.29. The van der Waals surface area contributed by atoms with Gasteiger partial charge in [0.05, 0.1) is 0 Å². The second-order valence-electron chi connectivity index (χ2n) is 5.10. The van der Waals surface area contributed by atoms with Crippen molar-refractivity contribution in [1.29, 1.82) is 0 Å². The number of halogens is 2. The summed E-state index contributed by atoms with van der Waals surface area (Å²) in [6.45, 7) is 4.19. The van der Waals surface area contributed by atoms with Crippen LogP contribution in [0.25, 0.3) is 0 Å². The lowest BCUT2D eigenvalue weighted by Crippen LogP contribution is -2.31. The summed E-state index contributed by atoms with van der Waals surface area (Å²) in [5.41, 5.74) is 0.378. The van der Waals surface area contributed by atoms with E-state index >= 15 is 0 Å². The lowest BCUT2D eigenvalue weighted by Gasteiger charge is -2.20. The van der Waals surface area contributed by atoms with Gasteiger partial charge in [-0.25, -0.2) is 21.5 Å². The Kier molecular flexibility index (Phi) is 5.61. The molecule has 0 aliphatic heterocycles. The van der Waals surface area contributed by atoms with E-state index < -0.39 is 26.6 Å². The van der Waals surface area contributed by atoms with Gasteiger partial charge in [0.2, 0.25) is 10.0 Å². The molecule has 0 aromatic heterocycles. The summed E-state index contributed by atoms with van der Waals surface area (Å²) in [4.78, 5) is -0.620. The fraction of sp³-hybridized carbons (Fsp3) is 0.538. The van der Waals surface area contributed by atoms with Crippen molar-refractivity contribution in [3.63, 3.8) is 0 Å². The summed E-state index contributed by atoms with van der Waals surface area (Å²) in [5, 5.41) is 2.77. The van der Waals surface area contributed by atoms with Gasteiger partial charge in [-0.05, 0) is 30.7 Å². The first-order chi connectivity index (χ1) is 9.20. The van der Waals surface area contributed by atoms with Crippen LogP contribution in [-0.2, 0) is 16.6 Å². The molecule has 20 heavy (non-hydrogen) atoms. The van der Waals surface area contributed by atoms with E-state index in [1.54, 1.807) is 7.05 Å². The Bertz CT molecular complexity index is 574. The SMILES string of the molecule is CNCc1cc(F)c(F)c(S(=O)(=O)N(C)CC(C)C)c1. The number of rotatable bonds is 6. The van der Waals surface area contributed by atoms with E-state index in [4.69, 9.17) is 0 Å². The predicted octanol–water partition coefficient (Wildman–Crippen LogP) is 1.96. The number of nitrogens with zero attached hydrogens (tertiary/aromatic N) is 1. The molecule has 4 nitrogen and oxygen atoms in total. The molecule has 0 saturated heterocycles.